The third kappa shape index (κ3) is 15.7. The molecule has 18 heteroatoms. The van der Waals surface area contributed by atoms with Crippen molar-refractivity contribution < 1.29 is 43.8 Å². The Morgan fingerprint density at radius 1 is 0.760 bits per heavy atom. The predicted octanol–water partition coefficient (Wildman–Crippen LogP) is -3.12. The summed E-state index contributed by atoms with van der Waals surface area (Å²) in [6.45, 7) is 5.98. The van der Waals surface area contributed by atoms with Gasteiger partial charge in [-0.15, -0.1) is 0 Å². The molecule has 0 fully saturated rings. The zero-order valence-corrected chi connectivity index (χ0v) is 28.9. The fraction of sp³-hybridized carbons (Fsp3) is 0.594. The molecule has 0 radical (unpaired) electrons. The first-order chi connectivity index (χ1) is 23.5. The molecule has 14 N–H and O–H groups in total. The Morgan fingerprint density at radius 2 is 1.34 bits per heavy atom. The van der Waals surface area contributed by atoms with Crippen molar-refractivity contribution in [2.75, 3.05) is 13.2 Å². The van der Waals surface area contributed by atoms with Gasteiger partial charge in [0, 0.05) is 12.3 Å². The lowest BCUT2D eigenvalue weighted by atomic mass is 9.96. The number of carboxylic acid groups (broad SMARTS) is 1. The molecule has 7 atom stereocenters. The van der Waals surface area contributed by atoms with Crippen molar-refractivity contribution in [3.63, 3.8) is 0 Å². The lowest BCUT2D eigenvalue weighted by molar-refractivity contribution is -0.141. The molecule has 0 bridgehead atoms. The van der Waals surface area contributed by atoms with Crippen LogP contribution in [0, 0.1) is 11.8 Å². The Hall–Kier alpha value is -4.65. The summed E-state index contributed by atoms with van der Waals surface area (Å²) in [4.78, 5) is 88.8. The Balaban J connectivity index is 2.94. The molecule has 0 spiro atoms. The predicted molar refractivity (Wildman–Crippen MR) is 182 cm³/mol. The van der Waals surface area contributed by atoms with Crippen molar-refractivity contribution in [3.05, 3.63) is 35.9 Å². The van der Waals surface area contributed by atoms with Gasteiger partial charge in [0.05, 0.1) is 13.0 Å². The molecule has 1 aromatic rings. The van der Waals surface area contributed by atoms with Crippen molar-refractivity contribution in [3.8, 4) is 0 Å². The van der Waals surface area contributed by atoms with Crippen molar-refractivity contribution in [1.29, 1.82) is 0 Å². The molecule has 0 saturated carbocycles. The standard InChI is InChI=1S/C32H53N9O9/c1-5-17(2)25(31(50)38-21(26(33)45)14-20-11-7-6-8-12-20)41-29(48)22(15-24(43)44)39-28(47)19(4)37-30(49)23(16-42)40-27(46)18(3)10-9-13-36-32(34)35/h6-8,11-12,17-19,21-23,25,32,36,42H,5,9-10,13-16,34-35H2,1-4H3,(H2,33,45)(H,37,49)(H,38,50)(H,39,47)(H,40,46)(H,41,48)(H,43,44)/t17-,18-,19-,21-,22-,23-,25-/m0/s1. The average Bonchev–Trinajstić information content (AvgIpc) is 3.06. The number of nitrogens with one attached hydrogen (secondary N) is 6. The van der Waals surface area contributed by atoms with Gasteiger partial charge >= 0.3 is 5.97 Å². The summed E-state index contributed by atoms with van der Waals surface area (Å²) in [7, 11) is 0. The molecule has 18 nitrogen and oxygen atoms in total. The fourth-order valence-electron chi connectivity index (χ4n) is 4.67. The molecule has 280 valence electrons. The lowest BCUT2D eigenvalue weighted by Crippen LogP contribution is -2.60. The summed E-state index contributed by atoms with van der Waals surface area (Å²) < 4.78 is 0. The van der Waals surface area contributed by atoms with Gasteiger partial charge in [0.1, 0.15) is 36.5 Å². The van der Waals surface area contributed by atoms with Gasteiger partial charge in [0.25, 0.3) is 0 Å². The largest absolute Gasteiger partial charge is 0.481 e. The van der Waals surface area contributed by atoms with E-state index in [4.69, 9.17) is 17.2 Å². The minimum atomic E-state index is -1.67. The third-order valence-corrected chi connectivity index (χ3v) is 7.96. The summed E-state index contributed by atoms with van der Waals surface area (Å²) in [5.41, 5.74) is 17.1. The van der Waals surface area contributed by atoms with Gasteiger partial charge in [-0.3, -0.25) is 38.9 Å². The minimum absolute atomic E-state index is 0.0900. The minimum Gasteiger partial charge on any atom is -0.481 e. The van der Waals surface area contributed by atoms with Crippen LogP contribution in [0.4, 0.5) is 0 Å². The Kier molecular flexibility index (Phi) is 19.2. The molecule has 6 amide bonds. The third-order valence-electron chi connectivity index (χ3n) is 7.96. The molecule has 0 aliphatic heterocycles. The van der Waals surface area contributed by atoms with Crippen LogP contribution < -0.4 is 49.1 Å². The number of carboxylic acids is 1. The number of nitrogens with two attached hydrogens (primary N) is 3. The zero-order valence-electron chi connectivity index (χ0n) is 28.9. The van der Waals surface area contributed by atoms with Crippen LogP contribution in [-0.4, -0.2) is 101 Å². The molecular weight excluding hydrogens is 654 g/mol. The number of aliphatic hydroxyl groups is 1. The smallest absolute Gasteiger partial charge is 0.305 e. The normalized spacial score (nSPS) is 15.3. The summed E-state index contributed by atoms with van der Waals surface area (Å²) >= 11 is 0. The number of primary amides is 1. The van der Waals surface area contributed by atoms with E-state index in [0.717, 1.165) is 5.56 Å². The number of carbonyl (C=O) groups excluding carboxylic acids is 6. The number of rotatable bonds is 23. The molecule has 0 aromatic heterocycles. The van der Waals surface area contributed by atoms with E-state index in [9.17, 15) is 43.8 Å². The van der Waals surface area contributed by atoms with E-state index in [0.29, 0.717) is 25.8 Å². The van der Waals surface area contributed by atoms with E-state index in [-0.39, 0.29) is 6.42 Å². The van der Waals surface area contributed by atoms with E-state index < -0.39 is 103 Å². The highest BCUT2D eigenvalue weighted by atomic mass is 16.4. The maximum Gasteiger partial charge on any atom is 0.305 e. The molecule has 0 heterocycles. The number of carbonyl (C=O) groups is 7. The molecule has 50 heavy (non-hydrogen) atoms. The van der Waals surface area contributed by atoms with Gasteiger partial charge in [-0.25, -0.2) is 0 Å². The van der Waals surface area contributed by atoms with Crippen molar-refractivity contribution >= 4 is 41.4 Å². The topological polar surface area (TPSA) is 310 Å². The zero-order chi connectivity index (χ0) is 38.0. The van der Waals surface area contributed by atoms with Crippen LogP contribution in [0.25, 0.3) is 0 Å². The number of aliphatic hydroxyl groups excluding tert-OH is 1. The Bertz CT molecular complexity index is 1300. The SMILES string of the molecule is CC[C@H](C)[C@H](NC(=O)[C@H](CC(=O)O)NC(=O)[C@H](C)NC(=O)[C@H](CO)NC(=O)[C@@H](C)CCCNC(N)N)C(=O)N[C@@H](Cc1ccccc1)C(N)=O. The molecule has 0 saturated heterocycles. The number of hydrogen-bond donors (Lipinski definition) is 11. The summed E-state index contributed by atoms with van der Waals surface area (Å²) in [5, 5.41) is 34.1. The van der Waals surface area contributed by atoms with Crippen LogP contribution in [0.5, 0.6) is 0 Å². The molecule has 0 aliphatic rings. The first-order valence-electron chi connectivity index (χ1n) is 16.4. The second kappa shape index (κ2) is 22.1. The molecule has 1 rings (SSSR count). The van der Waals surface area contributed by atoms with E-state index in [2.05, 4.69) is 31.9 Å². The molecular formula is C32H53N9O9. The van der Waals surface area contributed by atoms with Gasteiger partial charge < -0.3 is 54.0 Å². The second-order valence-corrected chi connectivity index (χ2v) is 12.2. The monoisotopic (exact) mass is 707 g/mol. The van der Waals surface area contributed by atoms with Crippen LogP contribution in [-0.2, 0) is 40.0 Å². The molecule has 1 aromatic carbocycles. The highest BCUT2D eigenvalue weighted by Gasteiger charge is 2.34. The van der Waals surface area contributed by atoms with Gasteiger partial charge in [-0.05, 0) is 37.8 Å². The van der Waals surface area contributed by atoms with Crippen LogP contribution in [0.15, 0.2) is 30.3 Å². The van der Waals surface area contributed by atoms with Gasteiger partial charge in [0.2, 0.25) is 35.4 Å². The maximum absolute atomic E-state index is 13.3. The highest BCUT2D eigenvalue weighted by molar-refractivity contribution is 5.97. The quantitative estimate of drug-likeness (QED) is 0.0398. The van der Waals surface area contributed by atoms with E-state index in [1.165, 1.54) is 6.92 Å². The number of amides is 6. The van der Waals surface area contributed by atoms with Crippen molar-refractivity contribution in [2.45, 2.75) is 96.3 Å². The fourth-order valence-corrected chi connectivity index (χ4v) is 4.67. The molecule has 0 aliphatic carbocycles. The first-order valence-corrected chi connectivity index (χ1v) is 16.4. The lowest BCUT2D eigenvalue weighted by Gasteiger charge is -2.28. The van der Waals surface area contributed by atoms with Crippen LogP contribution >= 0.6 is 0 Å². The van der Waals surface area contributed by atoms with E-state index in [1.807, 2.05) is 0 Å². The van der Waals surface area contributed by atoms with Gasteiger partial charge in [-0.2, -0.15) is 0 Å². The number of aliphatic carboxylic acids is 1. The van der Waals surface area contributed by atoms with Crippen LogP contribution in [0.2, 0.25) is 0 Å². The maximum atomic E-state index is 13.3. The summed E-state index contributed by atoms with van der Waals surface area (Å²) in [6.07, 6.45) is -0.0918. The second-order valence-electron chi connectivity index (χ2n) is 12.2. The van der Waals surface area contributed by atoms with Gasteiger partial charge in [0.15, 0.2) is 0 Å². The Morgan fingerprint density at radius 3 is 1.88 bits per heavy atom. The number of benzene rings is 1. The van der Waals surface area contributed by atoms with Gasteiger partial charge in [-0.1, -0.05) is 57.5 Å². The molecule has 0 unspecified atom stereocenters. The highest BCUT2D eigenvalue weighted by Crippen LogP contribution is 2.11. The first kappa shape index (κ1) is 43.4. The Labute approximate surface area is 291 Å². The van der Waals surface area contributed by atoms with Crippen LogP contribution in [0.3, 0.4) is 0 Å². The van der Waals surface area contributed by atoms with Crippen molar-refractivity contribution in [2.24, 2.45) is 29.0 Å². The number of hydrogen-bond acceptors (Lipinski definition) is 11. The van der Waals surface area contributed by atoms with E-state index in [1.54, 1.807) is 51.1 Å². The summed E-state index contributed by atoms with van der Waals surface area (Å²) in [6, 6.07) is 2.03. The summed E-state index contributed by atoms with van der Waals surface area (Å²) in [5.74, 6) is -7.39. The average molecular weight is 708 g/mol. The van der Waals surface area contributed by atoms with E-state index >= 15 is 0 Å². The van der Waals surface area contributed by atoms with Crippen molar-refractivity contribution in [1.82, 2.24) is 31.9 Å². The van der Waals surface area contributed by atoms with Crippen LogP contribution in [0.1, 0.15) is 58.9 Å².